The van der Waals surface area contributed by atoms with Crippen LogP contribution in [0.2, 0.25) is 0 Å². The highest BCUT2D eigenvalue weighted by Gasteiger charge is 2.22. The number of hydrogen-bond donors (Lipinski definition) is 0. The fourth-order valence-electron chi connectivity index (χ4n) is 4.24. The second-order valence-electron chi connectivity index (χ2n) is 7.47. The molecule has 1 saturated carbocycles. The van der Waals surface area contributed by atoms with E-state index in [4.69, 9.17) is 4.98 Å². The van der Waals surface area contributed by atoms with E-state index in [-0.39, 0.29) is 0 Å². The van der Waals surface area contributed by atoms with E-state index in [1.54, 1.807) is 0 Å². The molecule has 132 valence electrons. The summed E-state index contributed by atoms with van der Waals surface area (Å²) in [5, 5.41) is 14.5. The molecule has 4 aromatic rings. The maximum atomic E-state index is 4.72. The monoisotopic (exact) mass is 346 g/mol. The molecule has 0 atom stereocenters. The van der Waals surface area contributed by atoms with Gasteiger partial charge in [0.2, 0.25) is 0 Å². The van der Waals surface area contributed by atoms with Crippen molar-refractivity contribution in [1.29, 1.82) is 0 Å². The van der Waals surface area contributed by atoms with E-state index in [1.165, 1.54) is 43.2 Å². The first-order valence-electron chi connectivity index (χ1n) is 9.37. The van der Waals surface area contributed by atoms with Gasteiger partial charge in [0.15, 0.2) is 11.3 Å². The highest BCUT2D eigenvalue weighted by molar-refractivity contribution is 5.89. The van der Waals surface area contributed by atoms with Gasteiger partial charge in [-0.2, -0.15) is 5.10 Å². The molecule has 0 bridgehead atoms. The van der Waals surface area contributed by atoms with E-state index in [9.17, 15) is 0 Å². The molecule has 0 unspecified atom stereocenters. The standard InChI is InChI=1S/C20H22N6/c1-13-8-14(2)10-16(9-13)26-19-17(11-22-26)20-24-23-18(25(20)12-21-19)15-6-4-3-5-7-15/h8-12,15H,3-7H2,1-2H3. The molecule has 0 radical (unpaired) electrons. The molecule has 0 amide bonds. The number of fused-ring (bicyclic) bond motifs is 3. The smallest absolute Gasteiger partial charge is 0.174 e. The lowest BCUT2D eigenvalue weighted by molar-refractivity contribution is 0.426. The molecule has 5 rings (SSSR count). The summed E-state index contributed by atoms with van der Waals surface area (Å²) < 4.78 is 3.95. The summed E-state index contributed by atoms with van der Waals surface area (Å²) in [6, 6.07) is 6.42. The molecule has 0 spiro atoms. The van der Waals surface area contributed by atoms with Crippen molar-refractivity contribution in [2.75, 3.05) is 0 Å². The third-order valence-corrected chi connectivity index (χ3v) is 5.42. The molecule has 3 heterocycles. The first-order chi connectivity index (χ1) is 12.7. The van der Waals surface area contributed by atoms with Crippen LogP contribution in [-0.4, -0.2) is 29.4 Å². The van der Waals surface area contributed by atoms with Gasteiger partial charge in [-0.25, -0.2) is 9.67 Å². The van der Waals surface area contributed by atoms with Crippen molar-refractivity contribution in [3.05, 3.63) is 47.7 Å². The molecule has 1 aromatic carbocycles. The first-order valence-corrected chi connectivity index (χ1v) is 9.37. The number of rotatable bonds is 2. The summed E-state index contributed by atoms with van der Waals surface area (Å²) >= 11 is 0. The average molecular weight is 346 g/mol. The van der Waals surface area contributed by atoms with Gasteiger partial charge in [-0.05, 0) is 49.9 Å². The van der Waals surface area contributed by atoms with Crippen LogP contribution in [0.5, 0.6) is 0 Å². The Morgan fingerprint density at radius 3 is 2.46 bits per heavy atom. The molecule has 0 aliphatic heterocycles. The minimum Gasteiger partial charge on any atom is -0.268 e. The predicted molar refractivity (Wildman–Crippen MR) is 101 cm³/mol. The summed E-state index contributed by atoms with van der Waals surface area (Å²) in [5.74, 6) is 1.54. The highest BCUT2D eigenvalue weighted by atomic mass is 15.3. The van der Waals surface area contributed by atoms with Gasteiger partial charge in [-0.1, -0.05) is 25.3 Å². The second-order valence-corrected chi connectivity index (χ2v) is 7.47. The third kappa shape index (κ3) is 2.40. The molecule has 0 saturated heterocycles. The molecule has 0 N–H and O–H groups in total. The average Bonchev–Trinajstić information content (AvgIpc) is 3.25. The van der Waals surface area contributed by atoms with Gasteiger partial charge < -0.3 is 0 Å². The number of aryl methyl sites for hydroxylation is 2. The quantitative estimate of drug-likeness (QED) is 0.547. The van der Waals surface area contributed by atoms with Gasteiger partial charge in [0.1, 0.15) is 12.2 Å². The Balaban J connectivity index is 1.66. The van der Waals surface area contributed by atoms with Crippen LogP contribution in [0.15, 0.2) is 30.7 Å². The zero-order valence-corrected chi connectivity index (χ0v) is 15.2. The molecule has 3 aromatic heterocycles. The summed E-state index contributed by atoms with van der Waals surface area (Å²) in [7, 11) is 0. The van der Waals surface area contributed by atoms with Crippen LogP contribution in [0.1, 0.15) is 55.0 Å². The Labute approximate surface area is 151 Å². The Bertz CT molecular complexity index is 1080. The van der Waals surface area contributed by atoms with Crippen molar-refractivity contribution >= 4 is 16.7 Å². The van der Waals surface area contributed by atoms with Crippen LogP contribution in [0.25, 0.3) is 22.4 Å². The van der Waals surface area contributed by atoms with E-state index in [1.807, 2.05) is 17.2 Å². The first kappa shape index (κ1) is 15.5. The van der Waals surface area contributed by atoms with Crippen molar-refractivity contribution in [2.45, 2.75) is 51.9 Å². The predicted octanol–water partition coefficient (Wildman–Crippen LogP) is 4.13. The van der Waals surface area contributed by atoms with Gasteiger partial charge in [-0.3, -0.25) is 4.40 Å². The molecule has 1 aliphatic rings. The Morgan fingerprint density at radius 1 is 0.923 bits per heavy atom. The van der Waals surface area contributed by atoms with E-state index < -0.39 is 0 Å². The zero-order chi connectivity index (χ0) is 17.7. The van der Waals surface area contributed by atoms with Gasteiger partial charge in [0.05, 0.1) is 17.3 Å². The van der Waals surface area contributed by atoms with Crippen molar-refractivity contribution in [3.8, 4) is 5.69 Å². The third-order valence-electron chi connectivity index (χ3n) is 5.42. The van der Waals surface area contributed by atoms with E-state index in [0.717, 1.165) is 28.2 Å². The lowest BCUT2D eigenvalue weighted by atomic mass is 9.89. The number of hydrogen-bond acceptors (Lipinski definition) is 4. The second kappa shape index (κ2) is 5.90. The van der Waals surface area contributed by atoms with E-state index >= 15 is 0 Å². The lowest BCUT2D eigenvalue weighted by Gasteiger charge is -2.19. The number of aromatic nitrogens is 6. The van der Waals surface area contributed by atoms with Crippen molar-refractivity contribution < 1.29 is 0 Å². The molecular weight excluding hydrogens is 324 g/mol. The largest absolute Gasteiger partial charge is 0.268 e. The van der Waals surface area contributed by atoms with Crippen LogP contribution < -0.4 is 0 Å². The summed E-state index contributed by atoms with van der Waals surface area (Å²) in [6.45, 7) is 4.20. The van der Waals surface area contributed by atoms with E-state index in [2.05, 4.69) is 51.7 Å². The molecule has 1 fully saturated rings. The fraction of sp³-hybridized carbons (Fsp3) is 0.400. The minimum atomic E-state index is 0.493. The Kier molecular flexibility index (Phi) is 3.51. The van der Waals surface area contributed by atoms with Crippen LogP contribution in [0.3, 0.4) is 0 Å². The van der Waals surface area contributed by atoms with E-state index in [0.29, 0.717) is 5.92 Å². The molecule has 6 heteroatoms. The highest BCUT2D eigenvalue weighted by Crippen LogP contribution is 2.32. The number of benzene rings is 1. The molecule has 6 nitrogen and oxygen atoms in total. The van der Waals surface area contributed by atoms with Crippen molar-refractivity contribution in [1.82, 2.24) is 29.4 Å². The van der Waals surface area contributed by atoms with Crippen molar-refractivity contribution in [3.63, 3.8) is 0 Å². The minimum absolute atomic E-state index is 0.493. The summed E-state index contributed by atoms with van der Waals surface area (Å²) in [6.07, 6.45) is 10.00. The van der Waals surface area contributed by atoms with Gasteiger partial charge in [-0.15, -0.1) is 10.2 Å². The van der Waals surface area contributed by atoms with Gasteiger partial charge >= 0.3 is 0 Å². The van der Waals surface area contributed by atoms with Crippen LogP contribution >= 0.6 is 0 Å². The summed E-state index contributed by atoms with van der Waals surface area (Å²) in [5.41, 5.74) is 5.14. The van der Waals surface area contributed by atoms with Crippen LogP contribution in [-0.2, 0) is 0 Å². The Morgan fingerprint density at radius 2 is 1.69 bits per heavy atom. The van der Waals surface area contributed by atoms with Crippen LogP contribution in [0.4, 0.5) is 0 Å². The van der Waals surface area contributed by atoms with Gasteiger partial charge in [0.25, 0.3) is 0 Å². The topological polar surface area (TPSA) is 60.9 Å². The normalized spacial score (nSPS) is 15.9. The molecular formula is C20H22N6. The lowest BCUT2D eigenvalue weighted by Crippen LogP contribution is -2.09. The van der Waals surface area contributed by atoms with Gasteiger partial charge in [0, 0.05) is 5.92 Å². The molecule has 26 heavy (non-hydrogen) atoms. The maximum absolute atomic E-state index is 4.72. The fourth-order valence-corrected chi connectivity index (χ4v) is 4.24. The summed E-state index contributed by atoms with van der Waals surface area (Å²) in [4.78, 5) is 4.72. The number of nitrogens with zero attached hydrogens (tertiary/aromatic N) is 6. The maximum Gasteiger partial charge on any atom is 0.174 e. The van der Waals surface area contributed by atoms with Crippen molar-refractivity contribution in [2.24, 2.45) is 0 Å². The SMILES string of the molecule is Cc1cc(C)cc(-n2ncc3c2ncn2c(C4CCCCC4)nnc32)c1. The van der Waals surface area contributed by atoms with Crippen LogP contribution in [0, 0.1) is 13.8 Å². The Hall–Kier alpha value is -2.76. The molecule has 1 aliphatic carbocycles. The zero-order valence-electron chi connectivity index (χ0n) is 15.2.